The number of aryl methyl sites for hydroxylation is 1. The number of hydrogen-bond acceptors (Lipinski definition) is 4. The minimum absolute atomic E-state index is 0. The van der Waals surface area contributed by atoms with Crippen LogP contribution < -0.4 is 9.47 Å². The molecule has 24 heavy (non-hydrogen) atoms. The summed E-state index contributed by atoms with van der Waals surface area (Å²) in [6.45, 7) is 4.68. The zero-order valence-electron chi connectivity index (χ0n) is 13.9. The molecule has 0 saturated carbocycles. The van der Waals surface area contributed by atoms with Crippen LogP contribution in [0.3, 0.4) is 0 Å². The third kappa shape index (κ3) is 3.71. The van der Waals surface area contributed by atoms with Crippen molar-refractivity contribution in [2.45, 2.75) is 13.8 Å². The van der Waals surface area contributed by atoms with Crippen molar-refractivity contribution in [2.24, 2.45) is 0 Å². The summed E-state index contributed by atoms with van der Waals surface area (Å²) in [6.07, 6.45) is 0. The topological polar surface area (TPSA) is 31.4 Å². The summed E-state index contributed by atoms with van der Waals surface area (Å²) in [5.41, 5.74) is 3.23. The van der Waals surface area contributed by atoms with Crippen molar-refractivity contribution < 1.29 is 9.47 Å². The van der Waals surface area contributed by atoms with Gasteiger partial charge in [-0.1, -0.05) is 30.3 Å². The SMILES string of the molecule is CCOc1ccc(-c2nc(-c3ccccc3)c(C)s2)cc1OC.Cl. The minimum Gasteiger partial charge on any atom is -0.493 e. The highest BCUT2D eigenvalue weighted by Crippen LogP contribution is 2.37. The fourth-order valence-electron chi connectivity index (χ4n) is 2.46. The van der Waals surface area contributed by atoms with Crippen LogP contribution in [0, 0.1) is 6.92 Å². The van der Waals surface area contributed by atoms with E-state index in [2.05, 4.69) is 19.1 Å². The van der Waals surface area contributed by atoms with Gasteiger partial charge in [-0.05, 0) is 32.0 Å². The summed E-state index contributed by atoms with van der Waals surface area (Å²) in [5.74, 6) is 1.49. The van der Waals surface area contributed by atoms with Crippen LogP contribution in [-0.2, 0) is 0 Å². The van der Waals surface area contributed by atoms with Gasteiger partial charge in [-0.2, -0.15) is 0 Å². The quantitative estimate of drug-likeness (QED) is 0.591. The number of rotatable bonds is 5. The van der Waals surface area contributed by atoms with E-state index >= 15 is 0 Å². The molecular weight excluding hydrogens is 342 g/mol. The first-order valence-corrected chi connectivity index (χ1v) is 8.38. The molecule has 0 amide bonds. The largest absolute Gasteiger partial charge is 0.493 e. The van der Waals surface area contributed by atoms with Gasteiger partial charge < -0.3 is 9.47 Å². The standard InChI is InChI=1S/C19H19NO2S.ClH/c1-4-22-16-11-10-15(12-17(16)21-3)19-20-18(13(2)23-19)14-8-6-5-7-9-14;/h5-12H,4H2,1-3H3;1H. The molecule has 3 rings (SSSR count). The summed E-state index contributed by atoms with van der Waals surface area (Å²) in [6, 6.07) is 16.2. The Morgan fingerprint density at radius 1 is 1.00 bits per heavy atom. The van der Waals surface area contributed by atoms with Crippen LogP contribution in [-0.4, -0.2) is 18.7 Å². The van der Waals surface area contributed by atoms with Crippen LogP contribution in [0.5, 0.6) is 11.5 Å². The Balaban J connectivity index is 0.00000208. The number of benzene rings is 2. The molecule has 0 aliphatic heterocycles. The average molecular weight is 362 g/mol. The fraction of sp³-hybridized carbons (Fsp3) is 0.211. The van der Waals surface area contributed by atoms with Crippen molar-refractivity contribution in [3.8, 4) is 33.3 Å². The van der Waals surface area contributed by atoms with Crippen molar-refractivity contribution in [3.05, 3.63) is 53.4 Å². The van der Waals surface area contributed by atoms with Gasteiger partial charge in [-0.15, -0.1) is 23.7 Å². The van der Waals surface area contributed by atoms with Crippen molar-refractivity contribution in [3.63, 3.8) is 0 Å². The van der Waals surface area contributed by atoms with Crippen molar-refractivity contribution in [2.75, 3.05) is 13.7 Å². The highest BCUT2D eigenvalue weighted by atomic mass is 35.5. The maximum absolute atomic E-state index is 5.58. The van der Waals surface area contributed by atoms with Gasteiger partial charge in [0, 0.05) is 16.0 Å². The number of thiazole rings is 1. The molecule has 2 aromatic carbocycles. The average Bonchev–Trinajstić information content (AvgIpc) is 2.98. The predicted octanol–water partition coefficient (Wildman–Crippen LogP) is 5.61. The summed E-state index contributed by atoms with van der Waals surface area (Å²) >= 11 is 1.69. The first-order valence-electron chi connectivity index (χ1n) is 7.57. The lowest BCUT2D eigenvalue weighted by atomic mass is 10.1. The lowest BCUT2D eigenvalue weighted by Gasteiger charge is -2.09. The zero-order valence-corrected chi connectivity index (χ0v) is 15.5. The molecule has 3 nitrogen and oxygen atoms in total. The molecule has 1 aromatic heterocycles. The van der Waals surface area contributed by atoms with E-state index in [0.29, 0.717) is 6.61 Å². The van der Waals surface area contributed by atoms with Crippen LogP contribution >= 0.6 is 23.7 Å². The number of halogens is 1. The van der Waals surface area contributed by atoms with E-state index in [9.17, 15) is 0 Å². The molecule has 0 atom stereocenters. The molecule has 0 N–H and O–H groups in total. The summed E-state index contributed by atoms with van der Waals surface area (Å²) in [5, 5.41) is 0.989. The van der Waals surface area contributed by atoms with E-state index in [1.165, 1.54) is 4.88 Å². The van der Waals surface area contributed by atoms with E-state index < -0.39 is 0 Å². The van der Waals surface area contributed by atoms with E-state index in [4.69, 9.17) is 14.5 Å². The molecule has 0 unspecified atom stereocenters. The van der Waals surface area contributed by atoms with Crippen molar-refractivity contribution >= 4 is 23.7 Å². The highest BCUT2D eigenvalue weighted by molar-refractivity contribution is 7.15. The number of hydrogen-bond donors (Lipinski definition) is 0. The van der Waals surface area contributed by atoms with E-state index in [1.807, 2.05) is 43.3 Å². The maximum Gasteiger partial charge on any atom is 0.161 e. The molecule has 0 saturated heterocycles. The number of aromatic nitrogens is 1. The molecule has 0 radical (unpaired) electrons. The van der Waals surface area contributed by atoms with Gasteiger partial charge in [0.25, 0.3) is 0 Å². The molecule has 0 aliphatic carbocycles. The van der Waals surface area contributed by atoms with Crippen LogP contribution in [0.25, 0.3) is 21.8 Å². The Hall–Kier alpha value is -2.04. The van der Waals surface area contributed by atoms with Gasteiger partial charge in [-0.3, -0.25) is 0 Å². The summed E-state index contributed by atoms with van der Waals surface area (Å²) in [4.78, 5) is 6.03. The summed E-state index contributed by atoms with van der Waals surface area (Å²) < 4.78 is 11.0. The van der Waals surface area contributed by atoms with Gasteiger partial charge in [0.2, 0.25) is 0 Å². The van der Waals surface area contributed by atoms with Crippen LogP contribution in [0.15, 0.2) is 48.5 Å². The maximum atomic E-state index is 5.58. The monoisotopic (exact) mass is 361 g/mol. The lowest BCUT2D eigenvalue weighted by molar-refractivity contribution is 0.311. The number of ether oxygens (including phenoxy) is 2. The molecule has 1 heterocycles. The Bertz CT molecular complexity index is 802. The Kier molecular flexibility index (Phi) is 6.23. The molecule has 126 valence electrons. The molecule has 3 aromatic rings. The molecule has 0 bridgehead atoms. The molecule has 0 fully saturated rings. The first-order chi connectivity index (χ1) is 11.2. The molecule has 5 heteroatoms. The van der Waals surface area contributed by atoms with Gasteiger partial charge >= 0.3 is 0 Å². The Labute approximate surface area is 152 Å². The van der Waals surface area contributed by atoms with Crippen LogP contribution in [0.1, 0.15) is 11.8 Å². The first kappa shape index (κ1) is 18.3. The van der Waals surface area contributed by atoms with Crippen LogP contribution in [0.4, 0.5) is 0 Å². The Morgan fingerprint density at radius 2 is 1.75 bits per heavy atom. The summed E-state index contributed by atoms with van der Waals surface area (Å²) in [7, 11) is 1.66. The second kappa shape index (κ2) is 8.18. The predicted molar refractivity (Wildman–Crippen MR) is 103 cm³/mol. The third-order valence-corrected chi connectivity index (χ3v) is 4.57. The minimum atomic E-state index is 0. The molecule has 0 aliphatic rings. The normalized spacial score (nSPS) is 10.1. The van der Waals surface area contributed by atoms with Crippen LogP contribution in [0.2, 0.25) is 0 Å². The fourth-order valence-corrected chi connectivity index (χ4v) is 3.39. The molecule has 0 spiro atoms. The Morgan fingerprint density at radius 3 is 2.42 bits per heavy atom. The number of nitrogens with zero attached hydrogens (tertiary/aromatic N) is 1. The van der Waals surface area contributed by atoms with Gasteiger partial charge in [0.1, 0.15) is 5.01 Å². The van der Waals surface area contributed by atoms with Crippen molar-refractivity contribution in [1.82, 2.24) is 4.98 Å². The second-order valence-electron chi connectivity index (χ2n) is 5.09. The van der Waals surface area contributed by atoms with Gasteiger partial charge in [0.05, 0.1) is 19.4 Å². The van der Waals surface area contributed by atoms with Crippen molar-refractivity contribution in [1.29, 1.82) is 0 Å². The second-order valence-corrected chi connectivity index (χ2v) is 6.29. The van der Waals surface area contributed by atoms with E-state index in [1.54, 1.807) is 18.4 Å². The van der Waals surface area contributed by atoms with E-state index in [0.717, 1.165) is 33.3 Å². The van der Waals surface area contributed by atoms with Gasteiger partial charge in [-0.25, -0.2) is 4.98 Å². The molecular formula is C19H20ClNO2S. The van der Waals surface area contributed by atoms with Gasteiger partial charge in [0.15, 0.2) is 11.5 Å². The zero-order chi connectivity index (χ0) is 16.2. The smallest absolute Gasteiger partial charge is 0.161 e. The lowest BCUT2D eigenvalue weighted by Crippen LogP contribution is -1.95. The van der Waals surface area contributed by atoms with E-state index in [-0.39, 0.29) is 12.4 Å². The number of methoxy groups -OCH3 is 1. The third-order valence-electron chi connectivity index (χ3n) is 3.55. The highest BCUT2D eigenvalue weighted by Gasteiger charge is 2.13.